The van der Waals surface area contributed by atoms with Crippen LogP contribution in [-0.4, -0.2) is 37.0 Å². The van der Waals surface area contributed by atoms with Crippen LogP contribution in [0.5, 0.6) is 0 Å². The van der Waals surface area contributed by atoms with Crippen molar-refractivity contribution in [2.45, 2.75) is 52.0 Å². The smallest absolute Gasteiger partial charge is 0.408 e. The number of ether oxygens (including phenoxy) is 2. The van der Waals surface area contributed by atoms with Crippen molar-refractivity contribution in [2.75, 3.05) is 13.3 Å². The van der Waals surface area contributed by atoms with Crippen molar-refractivity contribution in [3.63, 3.8) is 0 Å². The lowest BCUT2D eigenvalue weighted by Gasteiger charge is -2.24. The van der Waals surface area contributed by atoms with E-state index >= 15 is 0 Å². The van der Waals surface area contributed by atoms with Crippen molar-refractivity contribution in [2.24, 2.45) is 0 Å². The number of hydrogen-bond donors (Lipinski definition) is 1. The van der Waals surface area contributed by atoms with Crippen LogP contribution in [0.15, 0.2) is 60.7 Å². The lowest BCUT2D eigenvalue weighted by Crippen LogP contribution is -2.44. The summed E-state index contributed by atoms with van der Waals surface area (Å²) in [5, 5.41) is 2.48. The molecule has 1 amide bonds. The van der Waals surface area contributed by atoms with E-state index < -0.39 is 31.3 Å². The molecule has 9 heteroatoms. The van der Waals surface area contributed by atoms with Gasteiger partial charge in [-0.25, -0.2) is 9.59 Å². The van der Waals surface area contributed by atoms with E-state index in [4.69, 9.17) is 18.5 Å². The van der Waals surface area contributed by atoms with E-state index in [0.717, 1.165) is 11.1 Å². The minimum atomic E-state index is -3.64. The summed E-state index contributed by atoms with van der Waals surface area (Å²) in [6, 6.07) is 17.5. The molecular weight excluding hydrogens is 445 g/mol. The van der Waals surface area contributed by atoms with Crippen LogP contribution >= 0.6 is 7.60 Å². The molecule has 1 atom stereocenters. The molecule has 8 nitrogen and oxygen atoms in total. The Morgan fingerprint density at radius 3 is 1.82 bits per heavy atom. The van der Waals surface area contributed by atoms with E-state index in [9.17, 15) is 14.2 Å². The minimum Gasteiger partial charge on any atom is -0.467 e. The third kappa shape index (κ3) is 10.2. The molecule has 0 saturated heterocycles. The molecule has 2 aromatic rings. The second kappa shape index (κ2) is 12.5. The third-order valence-electron chi connectivity index (χ3n) is 4.41. The summed E-state index contributed by atoms with van der Waals surface area (Å²) in [4.78, 5) is 24.4. The van der Waals surface area contributed by atoms with Gasteiger partial charge in [0.1, 0.15) is 11.6 Å². The van der Waals surface area contributed by atoms with Gasteiger partial charge in [0.05, 0.1) is 26.5 Å². The molecule has 2 rings (SSSR count). The van der Waals surface area contributed by atoms with E-state index in [2.05, 4.69) is 5.32 Å². The standard InChI is InChI=1S/C24H32NO7P/c1-24(2,3)32-23(27)25-21(22(26)29-4)15-16-33(28,30-17-19-11-7-5-8-12-19)31-18-20-13-9-6-10-14-20/h5-14,21H,15-18H2,1-4H3,(H,25,27)/t21-/m0/s1. The summed E-state index contributed by atoms with van der Waals surface area (Å²) in [7, 11) is -2.43. The van der Waals surface area contributed by atoms with Crippen molar-refractivity contribution in [3.8, 4) is 0 Å². The fourth-order valence-corrected chi connectivity index (χ4v) is 4.39. The first-order valence-electron chi connectivity index (χ1n) is 10.6. The molecule has 0 radical (unpaired) electrons. The summed E-state index contributed by atoms with van der Waals surface area (Å²) in [5.41, 5.74) is 0.923. The Morgan fingerprint density at radius 1 is 0.909 bits per heavy atom. The van der Waals surface area contributed by atoms with E-state index in [1.54, 1.807) is 20.8 Å². The van der Waals surface area contributed by atoms with Gasteiger partial charge in [-0.1, -0.05) is 60.7 Å². The van der Waals surface area contributed by atoms with Gasteiger partial charge in [0, 0.05) is 0 Å². The number of benzene rings is 2. The van der Waals surface area contributed by atoms with Gasteiger partial charge in [-0.2, -0.15) is 0 Å². The van der Waals surface area contributed by atoms with Gasteiger partial charge >= 0.3 is 19.7 Å². The van der Waals surface area contributed by atoms with Crippen molar-refractivity contribution >= 4 is 19.7 Å². The Bertz CT molecular complexity index is 881. The highest BCUT2D eigenvalue weighted by Gasteiger charge is 2.31. The molecular formula is C24H32NO7P. The van der Waals surface area contributed by atoms with E-state index in [-0.39, 0.29) is 25.8 Å². The highest BCUT2D eigenvalue weighted by atomic mass is 31.2. The molecule has 0 aromatic heterocycles. The highest BCUT2D eigenvalue weighted by molar-refractivity contribution is 7.53. The maximum Gasteiger partial charge on any atom is 0.408 e. The van der Waals surface area contributed by atoms with E-state index in [1.165, 1.54) is 7.11 Å². The average Bonchev–Trinajstić information content (AvgIpc) is 2.79. The second-order valence-corrected chi connectivity index (χ2v) is 10.5. The summed E-state index contributed by atoms with van der Waals surface area (Å²) in [5.74, 6) is -0.682. The van der Waals surface area contributed by atoms with Crippen LogP contribution < -0.4 is 5.32 Å². The molecule has 0 bridgehead atoms. The van der Waals surface area contributed by atoms with Crippen LogP contribution in [0.3, 0.4) is 0 Å². The van der Waals surface area contributed by atoms with Crippen molar-refractivity contribution in [1.82, 2.24) is 5.32 Å². The molecule has 33 heavy (non-hydrogen) atoms. The van der Waals surface area contributed by atoms with Crippen molar-refractivity contribution < 1.29 is 32.7 Å². The first kappa shape index (κ1) is 26.6. The molecule has 0 spiro atoms. The Labute approximate surface area is 195 Å². The van der Waals surface area contributed by atoms with Crippen LogP contribution in [0.1, 0.15) is 38.3 Å². The lowest BCUT2D eigenvalue weighted by molar-refractivity contribution is -0.143. The summed E-state index contributed by atoms with van der Waals surface area (Å²) in [6.07, 6.45) is -0.905. The van der Waals surface area contributed by atoms with Gasteiger partial charge in [-0.05, 0) is 38.3 Å². The van der Waals surface area contributed by atoms with Crippen LogP contribution in [0, 0.1) is 0 Å². The number of alkyl carbamates (subject to hydrolysis) is 1. The zero-order chi connectivity index (χ0) is 24.3. The summed E-state index contributed by atoms with van der Waals surface area (Å²) >= 11 is 0. The molecule has 0 fully saturated rings. The average molecular weight is 477 g/mol. The fraction of sp³-hybridized carbons (Fsp3) is 0.417. The number of nitrogens with one attached hydrogen (secondary N) is 1. The number of methoxy groups -OCH3 is 1. The van der Waals surface area contributed by atoms with Crippen LogP contribution in [0.4, 0.5) is 4.79 Å². The van der Waals surface area contributed by atoms with Crippen molar-refractivity contribution in [1.29, 1.82) is 0 Å². The van der Waals surface area contributed by atoms with E-state index in [0.29, 0.717) is 0 Å². The predicted octanol–water partition coefficient (Wildman–Crippen LogP) is 5.07. The number of esters is 1. The normalized spacial score (nSPS) is 12.6. The first-order chi connectivity index (χ1) is 15.6. The Kier molecular flexibility index (Phi) is 10.1. The molecule has 0 aliphatic heterocycles. The van der Waals surface area contributed by atoms with Crippen LogP contribution in [0.2, 0.25) is 0 Å². The van der Waals surface area contributed by atoms with Crippen LogP contribution in [-0.2, 0) is 41.1 Å². The lowest BCUT2D eigenvalue weighted by atomic mass is 10.2. The highest BCUT2D eigenvalue weighted by Crippen LogP contribution is 2.50. The number of amides is 1. The summed E-state index contributed by atoms with van der Waals surface area (Å²) in [6.45, 7) is 5.29. The topological polar surface area (TPSA) is 100 Å². The Balaban J connectivity index is 2.09. The predicted molar refractivity (Wildman–Crippen MR) is 125 cm³/mol. The largest absolute Gasteiger partial charge is 0.467 e. The Hall–Kier alpha value is -2.67. The monoisotopic (exact) mass is 477 g/mol. The molecule has 0 aliphatic carbocycles. The minimum absolute atomic E-state index is 0.0211. The maximum atomic E-state index is 13.5. The SMILES string of the molecule is COC(=O)[C@H](CCP(=O)(OCc1ccccc1)OCc1ccccc1)NC(=O)OC(C)(C)C. The number of carbonyl (C=O) groups excluding carboxylic acids is 2. The summed E-state index contributed by atoms with van der Waals surface area (Å²) < 4.78 is 35.0. The van der Waals surface area contributed by atoms with E-state index in [1.807, 2.05) is 60.7 Å². The molecule has 0 heterocycles. The zero-order valence-corrected chi connectivity index (χ0v) is 20.4. The van der Waals surface area contributed by atoms with Gasteiger partial charge in [0.25, 0.3) is 0 Å². The number of carbonyl (C=O) groups is 2. The Morgan fingerprint density at radius 2 is 1.39 bits per heavy atom. The first-order valence-corrected chi connectivity index (χ1v) is 12.4. The van der Waals surface area contributed by atoms with Crippen LogP contribution in [0.25, 0.3) is 0 Å². The number of rotatable bonds is 11. The fourth-order valence-electron chi connectivity index (χ4n) is 2.79. The third-order valence-corrected chi connectivity index (χ3v) is 6.26. The van der Waals surface area contributed by atoms with Crippen molar-refractivity contribution in [3.05, 3.63) is 71.8 Å². The molecule has 0 unspecified atom stereocenters. The maximum absolute atomic E-state index is 13.5. The number of hydrogen-bond acceptors (Lipinski definition) is 7. The molecule has 2 aromatic carbocycles. The van der Waals surface area contributed by atoms with Gasteiger partial charge in [-0.15, -0.1) is 0 Å². The van der Waals surface area contributed by atoms with Gasteiger partial charge in [0.2, 0.25) is 0 Å². The van der Waals surface area contributed by atoms with Gasteiger partial charge in [0.15, 0.2) is 0 Å². The molecule has 0 saturated carbocycles. The second-order valence-electron chi connectivity index (χ2n) is 8.36. The van der Waals surface area contributed by atoms with Gasteiger partial charge in [-0.3, -0.25) is 4.57 Å². The molecule has 1 N–H and O–H groups in total. The quantitative estimate of drug-likeness (QED) is 0.356. The van der Waals surface area contributed by atoms with Gasteiger partial charge < -0.3 is 23.8 Å². The molecule has 180 valence electrons. The molecule has 0 aliphatic rings. The zero-order valence-electron chi connectivity index (χ0n) is 19.5.